The van der Waals surface area contributed by atoms with Crippen molar-refractivity contribution in [2.45, 2.75) is 12.5 Å². The number of carbonyl (C=O) groups is 1. The van der Waals surface area contributed by atoms with Gasteiger partial charge in [-0.1, -0.05) is 35.3 Å². The maximum Gasteiger partial charge on any atom is 0.261 e. The Labute approximate surface area is 220 Å². The lowest BCUT2D eigenvalue weighted by atomic mass is 9.92. The fourth-order valence-corrected chi connectivity index (χ4v) is 4.69. The van der Waals surface area contributed by atoms with Gasteiger partial charge in [0.25, 0.3) is 5.91 Å². The van der Waals surface area contributed by atoms with Crippen LogP contribution in [0, 0.1) is 0 Å². The molecule has 0 saturated heterocycles. The molecule has 36 heavy (non-hydrogen) atoms. The summed E-state index contributed by atoms with van der Waals surface area (Å²) >= 11 is 12.2. The minimum Gasteiger partial charge on any atom is -0.493 e. The van der Waals surface area contributed by atoms with E-state index < -0.39 is 6.04 Å². The molecule has 0 aromatic heterocycles. The minimum atomic E-state index is -0.393. The number of para-hydroxylation sites is 2. The highest BCUT2D eigenvalue weighted by Crippen LogP contribution is 2.39. The van der Waals surface area contributed by atoms with Crippen molar-refractivity contribution in [3.05, 3.63) is 75.8 Å². The van der Waals surface area contributed by atoms with Gasteiger partial charge >= 0.3 is 0 Å². The van der Waals surface area contributed by atoms with Gasteiger partial charge in [0.15, 0.2) is 29.6 Å². The topological polar surface area (TPSA) is 66.5 Å². The SMILES string of the molecule is COc1cc2c(cc1OC)C(COc1ccccc1OC)N(C(=O)COc1ccc(Cl)cc1Cl)CC2. The highest BCUT2D eigenvalue weighted by Gasteiger charge is 2.33. The van der Waals surface area contributed by atoms with Crippen LogP contribution in [0.2, 0.25) is 10.0 Å². The summed E-state index contributed by atoms with van der Waals surface area (Å²) in [7, 11) is 4.77. The van der Waals surface area contributed by atoms with E-state index in [1.54, 1.807) is 44.4 Å². The molecule has 3 aromatic rings. The maximum atomic E-state index is 13.4. The third-order valence-electron chi connectivity index (χ3n) is 6.03. The highest BCUT2D eigenvalue weighted by atomic mass is 35.5. The second-order valence-corrected chi connectivity index (χ2v) is 8.93. The van der Waals surface area contributed by atoms with Crippen molar-refractivity contribution in [2.24, 2.45) is 0 Å². The summed E-state index contributed by atoms with van der Waals surface area (Å²) in [5.41, 5.74) is 1.98. The van der Waals surface area contributed by atoms with Gasteiger partial charge in [0.1, 0.15) is 12.4 Å². The average Bonchev–Trinajstić information content (AvgIpc) is 2.90. The Hall–Kier alpha value is -3.29. The predicted molar refractivity (Wildman–Crippen MR) is 138 cm³/mol. The molecule has 190 valence electrons. The molecule has 0 spiro atoms. The van der Waals surface area contributed by atoms with Gasteiger partial charge in [-0.15, -0.1) is 0 Å². The molecule has 0 N–H and O–H groups in total. The van der Waals surface area contributed by atoms with Crippen molar-refractivity contribution in [3.8, 4) is 28.7 Å². The number of halogens is 2. The van der Waals surface area contributed by atoms with E-state index in [1.807, 2.05) is 36.4 Å². The van der Waals surface area contributed by atoms with Crippen molar-refractivity contribution < 1.29 is 28.5 Å². The van der Waals surface area contributed by atoms with Gasteiger partial charge in [-0.3, -0.25) is 4.79 Å². The van der Waals surface area contributed by atoms with E-state index in [1.165, 1.54) is 0 Å². The zero-order valence-corrected chi connectivity index (χ0v) is 21.8. The first-order chi connectivity index (χ1) is 17.4. The normalized spacial score (nSPS) is 14.6. The first-order valence-corrected chi connectivity index (χ1v) is 12.1. The molecule has 0 aliphatic carbocycles. The summed E-state index contributed by atoms with van der Waals surface area (Å²) in [6.45, 7) is 0.504. The largest absolute Gasteiger partial charge is 0.493 e. The summed E-state index contributed by atoms with van der Waals surface area (Å²) in [4.78, 5) is 15.1. The van der Waals surface area contributed by atoms with Crippen LogP contribution in [-0.4, -0.2) is 51.9 Å². The number of methoxy groups -OCH3 is 3. The molecule has 1 heterocycles. The maximum absolute atomic E-state index is 13.4. The quantitative estimate of drug-likeness (QED) is 0.358. The molecule has 1 atom stereocenters. The van der Waals surface area contributed by atoms with Crippen LogP contribution in [-0.2, 0) is 11.2 Å². The minimum absolute atomic E-state index is 0.185. The van der Waals surface area contributed by atoms with Crippen LogP contribution in [0.15, 0.2) is 54.6 Å². The Morgan fingerprint density at radius 1 is 0.861 bits per heavy atom. The van der Waals surface area contributed by atoms with Crippen LogP contribution in [0.4, 0.5) is 0 Å². The Kier molecular flexibility index (Phi) is 8.33. The second kappa shape index (κ2) is 11.6. The van der Waals surface area contributed by atoms with Crippen LogP contribution in [0.1, 0.15) is 17.2 Å². The lowest BCUT2D eigenvalue weighted by Gasteiger charge is -2.37. The van der Waals surface area contributed by atoms with E-state index in [-0.39, 0.29) is 19.1 Å². The molecular weight excluding hydrogens is 505 g/mol. The number of carbonyl (C=O) groups excluding carboxylic acids is 1. The van der Waals surface area contributed by atoms with E-state index in [2.05, 4.69) is 0 Å². The van der Waals surface area contributed by atoms with Crippen molar-refractivity contribution in [3.63, 3.8) is 0 Å². The molecule has 7 nitrogen and oxygen atoms in total. The molecule has 0 radical (unpaired) electrons. The lowest BCUT2D eigenvalue weighted by Crippen LogP contribution is -2.44. The number of hydrogen-bond donors (Lipinski definition) is 0. The Bertz CT molecular complexity index is 1230. The molecule has 0 fully saturated rings. The smallest absolute Gasteiger partial charge is 0.261 e. The van der Waals surface area contributed by atoms with E-state index in [9.17, 15) is 4.79 Å². The van der Waals surface area contributed by atoms with Crippen molar-refractivity contribution >= 4 is 29.1 Å². The second-order valence-electron chi connectivity index (χ2n) is 8.08. The fraction of sp³-hybridized carbons (Fsp3) is 0.296. The van der Waals surface area contributed by atoms with Gasteiger partial charge in [0.2, 0.25) is 0 Å². The summed E-state index contributed by atoms with van der Waals surface area (Å²) in [6, 6.07) is 15.7. The van der Waals surface area contributed by atoms with Crippen LogP contribution >= 0.6 is 23.2 Å². The molecule has 1 unspecified atom stereocenters. The average molecular weight is 532 g/mol. The number of benzene rings is 3. The van der Waals surface area contributed by atoms with Gasteiger partial charge in [-0.2, -0.15) is 0 Å². The number of hydrogen-bond acceptors (Lipinski definition) is 6. The van der Waals surface area contributed by atoms with E-state index in [0.717, 1.165) is 11.1 Å². The van der Waals surface area contributed by atoms with E-state index >= 15 is 0 Å². The van der Waals surface area contributed by atoms with E-state index in [4.69, 9.17) is 46.9 Å². The molecule has 1 aliphatic heterocycles. The standard InChI is InChI=1S/C27H27Cl2NO6/c1-32-23-6-4-5-7-24(23)35-15-21-19-14-26(34-3)25(33-2)12-17(19)10-11-30(21)27(31)16-36-22-9-8-18(28)13-20(22)29/h4-9,12-14,21H,10-11,15-16H2,1-3H3. The molecule has 1 aliphatic rings. The van der Waals surface area contributed by atoms with Crippen molar-refractivity contribution in [1.29, 1.82) is 0 Å². The lowest BCUT2D eigenvalue weighted by molar-refractivity contribution is -0.137. The van der Waals surface area contributed by atoms with Crippen molar-refractivity contribution in [2.75, 3.05) is 41.1 Å². The van der Waals surface area contributed by atoms with Crippen molar-refractivity contribution in [1.82, 2.24) is 4.90 Å². The fourth-order valence-electron chi connectivity index (χ4n) is 4.23. The number of rotatable bonds is 9. The Balaban J connectivity index is 1.61. The first kappa shape index (κ1) is 25.8. The first-order valence-electron chi connectivity index (χ1n) is 11.3. The zero-order valence-electron chi connectivity index (χ0n) is 20.3. The van der Waals surface area contributed by atoms with Crippen LogP contribution in [0.5, 0.6) is 28.7 Å². The van der Waals surface area contributed by atoms with Gasteiger partial charge in [0.05, 0.1) is 32.4 Å². The van der Waals surface area contributed by atoms with Gasteiger partial charge < -0.3 is 28.6 Å². The van der Waals surface area contributed by atoms with E-state index in [0.29, 0.717) is 51.8 Å². The molecule has 0 saturated carbocycles. The van der Waals surface area contributed by atoms with Crippen LogP contribution in [0.25, 0.3) is 0 Å². The summed E-state index contributed by atoms with van der Waals surface area (Å²) in [5, 5.41) is 0.830. The Morgan fingerprint density at radius 3 is 2.25 bits per heavy atom. The molecule has 1 amide bonds. The number of amides is 1. The third kappa shape index (κ3) is 5.58. The molecular formula is C27H27Cl2NO6. The molecule has 4 rings (SSSR count). The highest BCUT2D eigenvalue weighted by molar-refractivity contribution is 6.35. The van der Waals surface area contributed by atoms with Gasteiger partial charge in [0, 0.05) is 11.6 Å². The van der Waals surface area contributed by atoms with Gasteiger partial charge in [-0.05, 0) is 60.0 Å². The zero-order chi connectivity index (χ0) is 25.7. The van der Waals surface area contributed by atoms with Crippen LogP contribution < -0.4 is 23.7 Å². The third-order valence-corrected chi connectivity index (χ3v) is 6.56. The molecule has 9 heteroatoms. The van der Waals surface area contributed by atoms with Gasteiger partial charge in [-0.25, -0.2) is 0 Å². The number of nitrogens with zero attached hydrogens (tertiary/aromatic N) is 1. The molecule has 3 aromatic carbocycles. The monoisotopic (exact) mass is 531 g/mol. The number of ether oxygens (including phenoxy) is 5. The summed E-state index contributed by atoms with van der Waals surface area (Å²) < 4.78 is 28.3. The Morgan fingerprint density at radius 2 is 1.56 bits per heavy atom. The predicted octanol–water partition coefficient (Wildman–Crippen LogP) is 5.60. The summed E-state index contributed by atoms with van der Waals surface area (Å²) in [6.07, 6.45) is 0.647. The number of fused-ring (bicyclic) bond motifs is 1. The molecule has 0 bridgehead atoms. The summed E-state index contributed by atoms with van der Waals surface area (Å²) in [5.74, 6) is 2.61. The van der Waals surface area contributed by atoms with Crippen LogP contribution in [0.3, 0.4) is 0 Å².